The van der Waals surface area contributed by atoms with Gasteiger partial charge in [-0.2, -0.15) is 12.8 Å². The third-order valence-corrected chi connectivity index (χ3v) is 13.3. The molecule has 1 aromatic carbocycles. The van der Waals surface area contributed by atoms with Gasteiger partial charge in [-0.05, 0) is 104 Å². The van der Waals surface area contributed by atoms with Crippen LogP contribution < -0.4 is 0 Å². The molecule has 0 amide bonds. The molecule has 0 aromatic heterocycles. The van der Waals surface area contributed by atoms with Crippen molar-refractivity contribution in [2.45, 2.75) is 124 Å². The third kappa shape index (κ3) is 5.90. The van der Waals surface area contributed by atoms with Crippen molar-refractivity contribution in [2.24, 2.45) is 50.7 Å². The number of hydrogen-bond acceptors (Lipinski definition) is 4. The topological polar surface area (TPSA) is 72.8 Å². The summed E-state index contributed by atoms with van der Waals surface area (Å²) >= 11 is 0. The van der Waals surface area contributed by atoms with E-state index in [1.54, 1.807) is 12.1 Å². The normalized spacial score (nSPS) is 36.1. The number of carbonyl (C=O) groups excluding carboxylic acids is 1. The first-order valence-corrected chi connectivity index (χ1v) is 18.0. The van der Waals surface area contributed by atoms with Crippen molar-refractivity contribution in [1.29, 1.82) is 0 Å². The summed E-state index contributed by atoms with van der Waals surface area (Å²) in [7, 11) is -3.86. The fourth-order valence-electron chi connectivity index (χ4n) is 9.74. The van der Waals surface area contributed by atoms with E-state index in [0.717, 1.165) is 42.9 Å². The van der Waals surface area contributed by atoms with Gasteiger partial charge in [0.25, 0.3) is 10.0 Å². The number of esters is 1. The Kier molecular flexibility index (Phi) is 8.89. The lowest BCUT2D eigenvalue weighted by Crippen LogP contribution is -2.54. The van der Waals surface area contributed by atoms with Gasteiger partial charge < -0.3 is 4.74 Å². The number of fused-ring (bicyclic) bond motifs is 5. The molecule has 0 heterocycles. The van der Waals surface area contributed by atoms with Gasteiger partial charge in [0.05, 0.1) is 10.6 Å². The molecule has 5 nitrogen and oxygen atoms in total. The maximum absolute atomic E-state index is 13.8. The van der Waals surface area contributed by atoms with Crippen LogP contribution in [0.15, 0.2) is 45.2 Å². The Morgan fingerprint density at radius 1 is 1.00 bits per heavy atom. The maximum atomic E-state index is 13.8. The predicted molar refractivity (Wildman–Crippen MR) is 170 cm³/mol. The first-order valence-electron chi connectivity index (χ1n) is 16.5. The van der Waals surface area contributed by atoms with Crippen LogP contribution in [-0.2, 0) is 19.6 Å². The molecule has 4 aliphatic rings. The maximum Gasteiger partial charge on any atom is 0.302 e. The lowest BCUT2D eigenvalue weighted by Gasteiger charge is -2.58. The number of aryl methyl sites for hydroxylation is 1. The number of nitrogens with zero attached hydrogens (tertiary/aromatic N) is 1. The molecule has 0 aliphatic heterocycles. The van der Waals surface area contributed by atoms with Crippen LogP contribution in [0.4, 0.5) is 0 Å². The average molecular weight is 596 g/mol. The summed E-state index contributed by atoms with van der Waals surface area (Å²) in [5, 5.41) is 0. The second kappa shape index (κ2) is 11.9. The Bertz CT molecular complexity index is 1330. The first kappa shape index (κ1) is 31.5. The van der Waals surface area contributed by atoms with Crippen molar-refractivity contribution in [3.05, 3.63) is 41.5 Å². The Morgan fingerprint density at radius 3 is 2.38 bits per heavy atom. The largest absolute Gasteiger partial charge is 0.462 e. The standard InChI is InChI=1S/C36H53NO4S/c1-23(2)9-8-10-25(4)30-15-16-31-34-32(18-20-36(30,31)7)35(6)19-17-28(41-26(5)38)21-27(35)22-33(34)37-42(39,40)29-13-11-24(3)12-14-29/h11-14,22-23,25,28,30-32,34H,8-10,15-21H2,1-7H3/t25-,28+,30?,31+,32?,34?,35+,36-/m1/s1. The van der Waals surface area contributed by atoms with E-state index in [9.17, 15) is 13.2 Å². The lowest BCUT2D eigenvalue weighted by atomic mass is 9.46. The van der Waals surface area contributed by atoms with Gasteiger partial charge >= 0.3 is 5.97 Å². The van der Waals surface area contributed by atoms with Crippen molar-refractivity contribution < 1.29 is 17.9 Å². The number of carbonyl (C=O) groups is 1. The minimum absolute atomic E-state index is 0.0176. The summed E-state index contributed by atoms with van der Waals surface area (Å²) in [4.78, 5) is 12.1. The zero-order valence-corrected chi connectivity index (χ0v) is 27.8. The number of hydrogen-bond donors (Lipinski definition) is 0. The number of allylic oxidation sites excluding steroid dienone is 1. The third-order valence-electron chi connectivity index (χ3n) is 12.0. The van der Waals surface area contributed by atoms with Crippen molar-refractivity contribution in [3.63, 3.8) is 0 Å². The molecule has 0 radical (unpaired) electrons. The van der Waals surface area contributed by atoms with Crippen LogP contribution in [-0.4, -0.2) is 26.2 Å². The molecule has 3 saturated carbocycles. The van der Waals surface area contributed by atoms with E-state index in [1.807, 2.05) is 19.1 Å². The minimum Gasteiger partial charge on any atom is -0.462 e. The van der Waals surface area contributed by atoms with Gasteiger partial charge in [0.2, 0.25) is 0 Å². The molecule has 8 atom stereocenters. The van der Waals surface area contributed by atoms with Gasteiger partial charge in [0.1, 0.15) is 6.10 Å². The highest BCUT2D eigenvalue weighted by molar-refractivity contribution is 7.90. The molecule has 0 spiro atoms. The van der Waals surface area contributed by atoms with Gasteiger partial charge in [-0.15, -0.1) is 0 Å². The SMILES string of the molecule is CC(=O)O[C@H]1CC[C@@]2(C)C(=CC(=NS(=O)(=O)c3ccc(C)cc3)C3C2CC[C@]2(C)C([C@H](C)CCCC(C)C)CC[C@@H]32)C1. The van der Waals surface area contributed by atoms with Crippen LogP contribution >= 0.6 is 0 Å². The van der Waals surface area contributed by atoms with E-state index in [1.165, 1.54) is 44.6 Å². The molecule has 3 fully saturated rings. The van der Waals surface area contributed by atoms with Gasteiger partial charge in [0, 0.05) is 19.3 Å². The average Bonchev–Trinajstić information content (AvgIpc) is 3.26. The fraction of sp³-hybridized carbons (Fsp3) is 0.722. The zero-order valence-electron chi connectivity index (χ0n) is 27.0. The summed E-state index contributed by atoms with van der Waals surface area (Å²) in [6, 6.07) is 7.05. The lowest BCUT2D eigenvalue weighted by molar-refractivity contribution is -0.148. The smallest absolute Gasteiger partial charge is 0.302 e. The number of sulfonamides is 1. The minimum atomic E-state index is -3.86. The summed E-state index contributed by atoms with van der Waals surface area (Å²) in [6.07, 6.45) is 13.0. The van der Waals surface area contributed by atoms with Crippen LogP contribution in [0.3, 0.4) is 0 Å². The molecule has 6 heteroatoms. The van der Waals surface area contributed by atoms with Gasteiger partial charge in [-0.25, -0.2) is 0 Å². The summed E-state index contributed by atoms with van der Waals surface area (Å²) in [5.41, 5.74) is 3.18. The van der Waals surface area contributed by atoms with E-state index in [0.29, 0.717) is 30.1 Å². The molecule has 4 aliphatic carbocycles. The number of benzene rings is 1. The van der Waals surface area contributed by atoms with Gasteiger partial charge in [-0.3, -0.25) is 4.79 Å². The Hall–Kier alpha value is -1.95. The molecule has 232 valence electrons. The van der Waals surface area contributed by atoms with Crippen molar-refractivity contribution in [2.75, 3.05) is 0 Å². The molecule has 42 heavy (non-hydrogen) atoms. The highest BCUT2D eigenvalue weighted by Gasteiger charge is 2.61. The molecule has 5 rings (SSSR count). The van der Waals surface area contributed by atoms with Crippen molar-refractivity contribution in [1.82, 2.24) is 0 Å². The van der Waals surface area contributed by atoms with Crippen molar-refractivity contribution >= 4 is 21.7 Å². The summed E-state index contributed by atoms with van der Waals surface area (Å²) in [5.74, 6) is 2.77. The van der Waals surface area contributed by atoms with Crippen LogP contribution in [0.5, 0.6) is 0 Å². The predicted octanol–water partition coefficient (Wildman–Crippen LogP) is 8.71. The van der Waals surface area contributed by atoms with E-state index >= 15 is 0 Å². The zero-order chi connectivity index (χ0) is 30.4. The van der Waals surface area contributed by atoms with E-state index in [4.69, 9.17) is 9.13 Å². The highest BCUT2D eigenvalue weighted by Crippen LogP contribution is 2.67. The van der Waals surface area contributed by atoms with Crippen LogP contribution in [0.2, 0.25) is 0 Å². The number of rotatable bonds is 8. The molecule has 0 saturated heterocycles. The van der Waals surface area contributed by atoms with Crippen LogP contribution in [0.25, 0.3) is 0 Å². The van der Waals surface area contributed by atoms with Crippen molar-refractivity contribution in [3.8, 4) is 0 Å². The van der Waals surface area contributed by atoms with Crippen LogP contribution in [0, 0.1) is 53.3 Å². The molecule has 3 unspecified atom stereocenters. The Balaban J connectivity index is 1.54. The second-order valence-electron chi connectivity index (χ2n) is 15.1. The summed E-state index contributed by atoms with van der Waals surface area (Å²) in [6.45, 7) is 15.5. The van der Waals surface area contributed by atoms with Gasteiger partial charge in [-0.1, -0.05) is 77.2 Å². The molecule has 0 bridgehead atoms. The molecule has 1 aromatic rings. The Labute approximate surface area is 255 Å². The molecule has 0 N–H and O–H groups in total. The van der Waals surface area contributed by atoms with Crippen LogP contribution in [0.1, 0.15) is 111 Å². The second-order valence-corrected chi connectivity index (χ2v) is 16.7. The molecular weight excluding hydrogens is 542 g/mol. The Morgan fingerprint density at radius 2 is 1.71 bits per heavy atom. The van der Waals surface area contributed by atoms with Gasteiger partial charge in [0.15, 0.2) is 0 Å². The monoisotopic (exact) mass is 595 g/mol. The first-order chi connectivity index (χ1) is 19.7. The number of ether oxygens (including phenoxy) is 1. The van der Waals surface area contributed by atoms with E-state index < -0.39 is 10.0 Å². The van der Waals surface area contributed by atoms with E-state index in [2.05, 4.69) is 40.7 Å². The fourth-order valence-corrected chi connectivity index (χ4v) is 10.8. The highest BCUT2D eigenvalue weighted by atomic mass is 32.2. The molecular formula is C36H53NO4S. The quantitative estimate of drug-likeness (QED) is 0.282. The summed E-state index contributed by atoms with van der Waals surface area (Å²) < 4.78 is 37.9. The van der Waals surface area contributed by atoms with E-state index in [-0.39, 0.29) is 33.7 Å².